The number of hydrogen-bond acceptors (Lipinski definition) is 4. The molecule has 1 aliphatic rings. The maximum absolute atomic E-state index is 12.0. The van der Waals surface area contributed by atoms with Crippen LogP contribution in [0.15, 0.2) is 24.3 Å². The van der Waals surface area contributed by atoms with Crippen LogP contribution in [-0.2, 0) is 9.53 Å². The minimum atomic E-state index is -0.629. The zero-order valence-electron chi connectivity index (χ0n) is 14.4. The zero-order valence-corrected chi connectivity index (χ0v) is 14.4. The van der Waals surface area contributed by atoms with E-state index in [9.17, 15) is 9.59 Å². The quantitative estimate of drug-likeness (QED) is 0.789. The SMILES string of the molecule is CC.CC(C)(C)OC(=O)N1CC(c2cccc(C#N)c2)CC1=O. The van der Waals surface area contributed by atoms with Crippen molar-refractivity contribution in [3.63, 3.8) is 0 Å². The highest BCUT2D eigenvalue weighted by Crippen LogP contribution is 2.29. The minimum absolute atomic E-state index is 0.0849. The standard InChI is InChI=1S/C16H18N2O3.C2H6/c1-16(2,3)21-15(20)18-10-13(8-14(18)19)12-6-4-5-11(7-12)9-17;1-2/h4-7,13H,8,10H2,1-3H3;1-2H3. The van der Waals surface area contributed by atoms with Crippen LogP contribution in [0.5, 0.6) is 0 Å². The summed E-state index contributed by atoms with van der Waals surface area (Å²) in [5.41, 5.74) is 0.819. The van der Waals surface area contributed by atoms with Crippen molar-refractivity contribution in [3.8, 4) is 6.07 Å². The molecule has 0 aromatic heterocycles. The lowest BCUT2D eigenvalue weighted by Gasteiger charge is -2.23. The van der Waals surface area contributed by atoms with E-state index in [0.29, 0.717) is 12.1 Å². The van der Waals surface area contributed by atoms with Crippen molar-refractivity contribution in [1.82, 2.24) is 4.90 Å². The number of rotatable bonds is 1. The van der Waals surface area contributed by atoms with Gasteiger partial charge in [-0.1, -0.05) is 26.0 Å². The molecule has 0 saturated carbocycles. The molecule has 2 amide bonds. The smallest absolute Gasteiger partial charge is 0.417 e. The first-order valence-electron chi connectivity index (χ1n) is 7.83. The molecule has 5 nitrogen and oxygen atoms in total. The molecule has 1 fully saturated rings. The van der Waals surface area contributed by atoms with Crippen LogP contribution < -0.4 is 0 Å². The van der Waals surface area contributed by atoms with E-state index in [4.69, 9.17) is 10.00 Å². The van der Waals surface area contributed by atoms with Crippen LogP contribution in [0.3, 0.4) is 0 Å². The maximum Gasteiger partial charge on any atom is 0.417 e. The molecule has 1 atom stereocenters. The predicted molar refractivity (Wildman–Crippen MR) is 87.8 cm³/mol. The van der Waals surface area contributed by atoms with E-state index >= 15 is 0 Å². The molecule has 124 valence electrons. The Balaban J connectivity index is 0.00000127. The Hall–Kier alpha value is -2.35. The van der Waals surface area contributed by atoms with Crippen molar-refractivity contribution in [2.75, 3.05) is 6.54 Å². The molecular formula is C18H24N2O3. The summed E-state index contributed by atoms with van der Waals surface area (Å²) in [7, 11) is 0. The molecule has 0 radical (unpaired) electrons. The zero-order chi connectivity index (χ0) is 17.6. The molecule has 1 aliphatic heterocycles. The van der Waals surface area contributed by atoms with Gasteiger partial charge in [0.25, 0.3) is 0 Å². The lowest BCUT2D eigenvalue weighted by molar-refractivity contribution is -0.126. The number of likely N-dealkylation sites (tertiary alicyclic amines) is 1. The molecule has 1 unspecified atom stereocenters. The Kier molecular flexibility index (Phi) is 6.32. The fraction of sp³-hybridized carbons (Fsp3) is 0.500. The summed E-state index contributed by atoms with van der Waals surface area (Å²) < 4.78 is 5.23. The van der Waals surface area contributed by atoms with Crippen LogP contribution in [0.1, 0.15) is 58.1 Å². The fourth-order valence-corrected chi connectivity index (χ4v) is 2.29. The van der Waals surface area contributed by atoms with Crippen LogP contribution in [0.2, 0.25) is 0 Å². The van der Waals surface area contributed by atoms with Gasteiger partial charge in [0.15, 0.2) is 0 Å². The molecule has 1 heterocycles. The summed E-state index contributed by atoms with van der Waals surface area (Å²) in [5, 5.41) is 8.92. The van der Waals surface area contributed by atoms with E-state index in [1.54, 1.807) is 39.0 Å². The molecule has 0 aliphatic carbocycles. The monoisotopic (exact) mass is 316 g/mol. The minimum Gasteiger partial charge on any atom is -0.443 e. The molecule has 1 aromatic carbocycles. The highest BCUT2D eigenvalue weighted by molar-refractivity contribution is 5.94. The van der Waals surface area contributed by atoms with E-state index in [1.165, 1.54) is 0 Å². The molecule has 23 heavy (non-hydrogen) atoms. The van der Waals surface area contributed by atoms with Crippen molar-refractivity contribution in [3.05, 3.63) is 35.4 Å². The van der Waals surface area contributed by atoms with Gasteiger partial charge in [0.1, 0.15) is 5.60 Å². The van der Waals surface area contributed by atoms with Gasteiger partial charge in [-0.05, 0) is 38.5 Å². The number of nitrogens with zero attached hydrogens (tertiary/aromatic N) is 2. The van der Waals surface area contributed by atoms with Crippen LogP contribution in [0.25, 0.3) is 0 Å². The Morgan fingerprint density at radius 2 is 2.00 bits per heavy atom. The second kappa shape index (κ2) is 7.77. The van der Waals surface area contributed by atoms with Gasteiger partial charge in [-0.2, -0.15) is 5.26 Å². The largest absolute Gasteiger partial charge is 0.443 e. The third kappa shape index (κ3) is 5.10. The van der Waals surface area contributed by atoms with E-state index < -0.39 is 11.7 Å². The lowest BCUT2D eigenvalue weighted by atomic mass is 9.97. The molecule has 0 N–H and O–H groups in total. The summed E-state index contributed by atoms with van der Waals surface area (Å²) >= 11 is 0. The Labute approximate surface area is 137 Å². The summed E-state index contributed by atoms with van der Waals surface area (Å²) in [6, 6.07) is 9.21. The molecule has 0 bridgehead atoms. The molecule has 5 heteroatoms. The number of imide groups is 1. The van der Waals surface area contributed by atoms with Gasteiger partial charge in [-0.3, -0.25) is 4.79 Å². The number of benzene rings is 1. The van der Waals surface area contributed by atoms with Crippen LogP contribution in [0.4, 0.5) is 4.79 Å². The topological polar surface area (TPSA) is 70.4 Å². The number of hydrogen-bond donors (Lipinski definition) is 0. The third-order valence-corrected chi connectivity index (χ3v) is 3.23. The first kappa shape index (κ1) is 18.7. The van der Waals surface area contributed by atoms with E-state index in [2.05, 4.69) is 6.07 Å². The Morgan fingerprint density at radius 3 is 2.57 bits per heavy atom. The van der Waals surface area contributed by atoms with Gasteiger partial charge in [0.2, 0.25) is 5.91 Å². The van der Waals surface area contributed by atoms with Gasteiger partial charge < -0.3 is 4.74 Å². The molecule has 0 spiro atoms. The average Bonchev–Trinajstić information content (AvgIpc) is 2.90. The summed E-state index contributed by atoms with van der Waals surface area (Å²) in [5.74, 6) is -0.324. The Morgan fingerprint density at radius 1 is 1.35 bits per heavy atom. The van der Waals surface area contributed by atoms with E-state index in [-0.39, 0.29) is 18.2 Å². The van der Waals surface area contributed by atoms with Gasteiger partial charge in [0.05, 0.1) is 11.6 Å². The number of amides is 2. The maximum atomic E-state index is 12.0. The molecule has 1 aromatic rings. The predicted octanol–water partition coefficient (Wildman–Crippen LogP) is 3.84. The van der Waals surface area contributed by atoms with Gasteiger partial charge in [-0.25, -0.2) is 9.69 Å². The van der Waals surface area contributed by atoms with E-state index in [0.717, 1.165) is 10.5 Å². The van der Waals surface area contributed by atoms with Crippen molar-refractivity contribution in [1.29, 1.82) is 5.26 Å². The van der Waals surface area contributed by atoms with Gasteiger partial charge in [0, 0.05) is 18.9 Å². The first-order valence-corrected chi connectivity index (χ1v) is 7.83. The average molecular weight is 316 g/mol. The fourth-order valence-electron chi connectivity index (χ4n) is 2.29. The van der Waals surface area contributed by atoms with Crippen LogP contribution in [0, 0.1) is 11.3 Å². The van der Waals surface area contributed by atoms with Gasteiger partial charge >= 0.3 is 6.09 Å². The van der Waals surface area contributed by atoms with Crippen molar-refractivity contribution in [2.45, 2.75) is 52.6 Å². The summed E-state index contributed by atoms with van der Waals surface area (Å²) in [6.45, 7) is 9.58. The van der Waals surface area contributed by atoms with Crippen molar-refractivity contribution >= 4 is 12.0 Å². The highest BCUT2D eigenvalue weighted by Gasteiger charge is 2.37. The molecular weight excluding hydrogens is 292 g/mol. The number of carbonyl (C=O) groups is 2. The second-order valence-electron chi connectivity index (χ2n) is 6.12. The molecule has 1 saturated heterocycles. The highest BCUT2D eigenvalue weighted by atomic mass is 16.6. The molecule has 2 rings (SSSR count). The first-order chi connectivity index (χ1) is 10.8. The van der Waals surface area contributed by atoms with Crippen molar-refractivity contribution in [2.24, 2.45) is 0 Å². The Bertz CT molecular complexity index is 611. The summed E-state index contributed by atoms with van der Waals surface area (Å²) in [4.78, 5) is 25.1. The lowest BCUT2D eigenvalue weighted by Crippen LogP contribution is -2.37. The summed E-state index contributed by atoms with van der Waals surface area (Å²) in [6.07, 6.45) is -0.347. The normalized spacial score (nSPS) is 17.1. The van der Waals surface area contributed by atoms with E-state index in [1.807, 2.05) is 19.9 Å². The van der Waals surface area contributed by atoms with Gasteiger partial charge in [-0.15, -0.1) is 0 Å². The number of ether oxygens (including phenoxy) is 1. The third-order valence-electron chi connectivity index (χ3n) is 3.23. The van der Waals surface area contributed by atoms with Crippen LogP contribution >= 0.6 is 0 Å². The van der Waals surface area contributed by atoms with Crippen LogP contribution in [-0.4, -0.2) is 29.0 Å². The second-order valence-corrected chi connectivity index (χ2v) is 6.12. The number of nitriles is 1. The van der Waals surface area contributed by atoms with Crippen molar-refractivity contribution < 1.29 is 14.3 Å². The number of carbonyl (C=O) groups excluding carboxylic acids is 2.